The zero-order valence-corrected chi connectivity index (χ0v) is 15.3. The number of aromatic nitrogens is 3. The Morgan fingerprint density at radius 2 is 1.93 bits per heavy atom. The molecule has 5 nitrogen and oxygen atoms in total. The Balaban J connectivity index is 1.76. The number of Topliss-reactive ketones (excluding diaryl/α,β-unsaturated/α-hetero) is 1. The minimum absolute atomic E-state index is 0.156. The van der Waals surface area contributed by atoms with E-state index in [1.807, 2.05) is 26.0 Å². The van der Waals surface area contributed by atoms with Gasteiger partial charge in [-0.3, -0.25) is 14.6 Å². The van der Waals surface area contributed by atoms with Crippen molar-refractivity contribution in [3.8, 4) is 0 Å². The molecule has 0 atom stereocenters. The van der Waals surface area contributed by atoms with E-state index < -0.39 is 11.5 Å². The number of hydrogen-bond donors (Lipinski definition) is 0. The second kappa shape index (κ2) is 7.50. The van der Waals surface area contributed by atoms with Gasteiger partial charge in [0.25, 0.3) is 11.5 Å². The number of nitrogens with zero attached hydrogens (tertiary/aromatic N) is 3. The summed E-state index contributed by atoms with van der Waals surface area (Å²) >= 11 is 0. The molecule has 0 fully saturated rings. The molecular weight excluding hydrogens is 352 g/mol. The highest BCUT2D eigenvalue weighted by Gasteiger charge is 2.31. The highest BCUT2D eigenvalue weighted by atomic mass is 19.3. The molecule has 3 rings (SSSR count). The van der Waals surface area contributed by atoms with Crippen LogP contribution >= 0.6 is 0 Å². The van der Waals surface area contributed by atoms with Crippen molar-refractivity contribution in [2.45, 2.75) is 52.0 Å². The molecule has 0 aromatic carbocycles. The van der Waals surface area contributed by atoms with Crippen LogP contribution in [0, 0.1) is 13.8 Å². The summed E-state index contributed by atoms with van der Waals surface area (Å²) < 4.78 is 27.7. The third kappa shape index (κ3) is 4.93. The lowest BCUT2D eigenvalue weighted by atomic mass is 9.94. The predicted molar refractivity (Wildman–Crippen MR) is 97.7 cm³/mol. The molecule has 1 aliphatic carbocycles. The van der Waals surface area contributed by atoms with Crippen LogP contribution in [-0.2, 0) is 17.8 Å². The molecule has 0 aliphatic heterocycles. The largest absolute Gasteiger partial charge is 0.297 e. The van der Waals surface area contributed by atoms with Crippen LogP contribution in [0.15, 0.2) is 35.1 Å². The van der Waals surface area contributed by atoms with Gasteiger partial charge >= 0.3 is 0 Å². The third-order valence-electron chi connectivity index (χ3n) is 4.47. The predicted octanol–water partition coefficient (Wildman–Crippen LogP) is 3.27. The first kappa shape index (κ1) is 19.1. The fraction of sp³-hybridized carbons (Fsp3) is 0.400. The second-order valence-corrected chi connectivity index (χ2v) is 6.98. The molecule has 0 amide bonds. The molecule has 0 saturated heterocycles. The van der Waals surface area contributed by atoms with Crippen molar-refractivity contribution >= 4 is 11.4 Å². The van der Waals surface area contributed by atoms with E-state index in [0.717, 1.165) is 21.6 Å². The molecule has 142 valence electrons. The van der Waals surface area contributed by atoms with Crippen LogP contribution in [-0.4, -0.2) is 26.5 Å². The lowest BCUT2D eigenvalue weighted by Crippen LogP contribution is -2.28. The summed E-state index contributed by atoms with van der Waals surface area (Å²) in [5, 5.41) is 4.22. The van der Waals surface area contributed by atoms with Crippen molar-refractivity contribution in [3.63, 3.8) is 0 Å². The fourth-order valence-corrected chi connectivity index (χ4v) is 3.23. The quantitative estimate of drug-likeness (QED) is 0.807. The Bertz CT molecular complexity index is 944. The topological polar surface area (TPSA) is 64.8 Å². The smallest absolute Gasteiger partial charge is 0.267 e. The third-order valence-corrected chi connectivity index (χ3v) is 4.47. The zero-order valence-electron chi connectivity index (χ0n) is 15.3. The first-order chi connectivity index (χ1) is 12.7. The Hall–Kier alpha value is -2.70. The summed E-state index contributed by atoms with van der Waals surface area (Å²) in [4.78, 5) is 28.7. The number of carbonyl (C=O) groups is 1. The summed E-state index contributed by atoms with van der Waals surface area (Å²) in [7, 11) is 0. The van der Waals surface area contributed by atoms with Gasteiger partial charge in [-0.1, -0.05) is 6.08 Å². The maximum absolute atomic E-state index is 13.3. The molecule has 0 unspecified atom stereocenters. The number of aryl methyl sites for hydroxylation is 2. The van der Waals surface area contributed by atoms with Crippen molar-refractivity contribution in [3.05, 3.63) is 63.3 Å². The van der Waals surface area contributed by atoms with Gasteiger partial charge in [0.05, 0.1) is 5.69 Å². The van der Waals surface area contributed by atoms with Crippen LogP contribution in [0.1, 0.15) is 41.9 Å². The number of ketones is 1. The van der Waals surface area contributed by atoms with Crippen LogP contribution in [0.25, 0.3) is 5.57 Å². The van der Waals surface area contributed by atoms with Gasteiger partial charge in [0.2, 0.25) is 0 Å². The number of rotatable bonds is 5. The van der Waals surface area contributed by atoms with E-state index in [-0.39, 0.29) is 38.0 Å². The molecule has 0 bridgehead atoms. The molecule has 2 aromatic rings. The van der Waals surface area contributed by atoms with Crippen molar-refractivity contribution in [2.75, 3.05) is 0 Å². The van der Waals surface area contributed by atoms with Gasteiger partial charge in [-0.25, -0.2) is 13.5 Å². The first-order valence-electron chi connectivity index (χ1n) is 8.83. The van der Waals surface area contributed by atoms with Crippen molar-refractivity contribution in [1.29, 1.82) is 0 Å². The van der Waals surface area contributed by atoms with Crippen LogP contribution in [0.4, 0.5) is 8.78 Å². The summed E-state index contributed by atoms with van der Waals surface area (Å²) in [6, 6.07) is 6.52. The van der Waals surface area contributed by atoms with Gasteiger partial charge < -0.3 is 0 Å². The Morgan fingerprint density at radius 3 is 2.56 bits per heavy atom. The summed E-state index contributed by atoms with van der Waals surface area (Å²) in [6.07, 6.45) is 1.27. The van der Waals surface area contributed by atoms with E-state index in [2.05, 4.69) is 10.1 Å². The molecule has 0 N–H and O–H groups in total. The maximum atomic E-state index is 13.3. The number of halogens is 2. The van der Waals surface area contributed by atoms with Crippen LogP contribution in [0.2, 0.25) is 0 Å². The van der Waals surface area contributed by atoms with Crippen molar-refractivity contribution in [1.82, 2.24) is 14.8 Å². The first-order valence-corrected chi connectivity index (χ1v) is 8.83. The molecule has 0 spiro atoms. The number of allylic oxidation sites excluding steroid dienone is 2. The van der Waals surface area contributed by atoms with E-state index in [1.165, 1.54) is 18.2 Å². The maximum Gasteiger partial charge on any atom is 0.267 e. The van der Waals surface area contributed by atoms with E-state index in [4.69, 9.17) is 0 Å². The average molecular weight is 373 g/mol. The molecule has 7 heteroatoms. The second-order valence-electron chi connectivity index (χ2n) is 6.98. The van der Waals surface area contributed by atoms with Crippen LogP contribution in [0.3, 0.4) is 0 Å². The summed E-state index contributed by atoms with van der Waals surface area (Å²) in [6.45, 7) is 3.56. The van der Waals surface area contributed by atoms with E-state index in [0.29, 0.717) is 11.3 Å². The Morgan fingerprint density at radius 1 is 1.22 bits per heavy atom. The zero-order chi connectivity index (χ0) is 19.6. The number of pyridine rings is 1. The average Bonchev–Trinajstić information content (AvgIpc) is 2.56. The lowest BCUT2D eigenvalue weighted by Gasteiger charge is -2.21. The monoisotopic (exact) mass is 373 g/mol. The molecule has 0 saturated carbocycles. The summed E-state index contributed by atoms with van der Waals surface area (Å²) in [5.74, 6) is -2.84. The van der Waals surface area contributed by atoms with Crippen LogP contribution < -0.4 is 5.56 Å². The van der Waals surface area contributed by atoms with Gasteiger partial charge in [0, 0.05) is 36.7 Å². The highest BCUT2D eigenvalue weighted by molar-refractivity contribution is 5.80. The SMILES string of the molecule is Cc1cc(CC(=O)Cn2nc(C3=CCC(F)(F)CC3)ccc2=O)cc(C)n1. The Kier molecular flexibility index (Phi) is 5.30. The van der Waals surface area contributed by atoms with E-state index in [9.17, 15) is 18.4 Å². The standard InChI is InChI=1S/C20H21F2N3O2/c1-13-9-15(10-14(2)23-13)11-17(26)12-25-19(27)4-3-18(24-25)16-5-7-20(21,22)8-6-16/h3-5,9-10H,6-8,11-12H2,1-2H3. The normalized spacial score (nSPS) is 16.1. The van der Waals surface area contributed by atoms with Crippen LogP contribution in [0.5, 0.6) is 0 Å². The van der Waals surface area contributed by atoms with Gasteiger partial charge in [-0.05, 0) is 49.6 Å². The minimum atomic E-state index is -2.69. The molecular formula is C20H21F2N3O2. The van der Waals surface area contributed by atoms with Gasteiger partial charge in [0.1, 0.15) is 6.54 Å². The Labute approximate surface area is 155 Å². The van der Waals surface area contributed by atoms with Crippen molar-refractivity contribution < 1.29 is 13.6 Å². The number of alkyl halides is 2. The van der Waals surface area contributed by atoms with Gasteiger partial charge in [0.15, 0.2) is 5.78 Å². The van der Waals surface area contributed by atoms with E-state index >= 15 is 0 Å². The lowest BCUT2D eigenvalue weighted by molar-refractivity contribution is -0.119. The molecule has 2 heterocycles. The van der Waals surface area contributed by atoms with E-state index in [1.54, 1.807) is 0 Å². The van der Waals surface area contributed by atoms with Gasteiger partial charge in [-0.2, -0.15) is 5.10 Å². The number of carbonyl (C=O) groups excluding carboxylic acids is 1. The molecule has 2 aromatic heterocycles. The van der Waals surface area contributed by atoms with Gasteiger partial charge in [-0.15, -0.1) is 0 Å². The van der Waals surface area contributed by atoms with Crippen molar-refractivity contribution in [2.24, 2.45) is 0 Å². The summed E-state index contributed by atoms with van der Waals surface area (Å²) in [5.41, 5.74) is 3.26. The molecule has 1 aliphatic rings. The fourth-order valence-electron chi connectivity index (χ4n) is 3.23. The minimum Gasteiger partial charge on any atom is -0.297 e. The highest BCUT2D eigenvalue weighted by Crippen LogP contribution is 2.35. The molecule has 27 heavy (non-hydrogen) atoms. The molecule has 0 radical (unpaired) electrons. The number of hydrogen-bond acceptors (Lipinski definition) is 4.